The van der Waals surface area contributed by atoms with Crippen LogP contribution in [-0.2, 0) is 26.5 Å². The Kier molecular flexibility index (Phi) is 13.4. The summed E-state index contributed by atoms with van der Waals surface area (Å²) < 4.78 is 10.4. The maximum absolute atomic E-state index is 6.57. The Labute approximate surface area is 383 Å². The van der Waals surface area contributed by atoms with Crippen molar-refractivity contribution < 1.29 is 24.5 Å². The van der Waals surface area contributed by atoms with Gasteiger partial charge in [0.05, 0.1) is 28.6 Å². The molecule has 0 N–H and O–H groups in total. The zero-order valence-electron chi connectivity index (χ0n) is 37.9. The fourth-order valence-electron chi connectivity index (χ4n) is 8.69. The third-order valence-corrected chi connectivity index (χ3v) is 16.3. The average Bonchev–Trinajstić information content (AvgIpc) is 3.82. The fraction of sp³-hybridized carbons (Fsp3) is 0.296. The molecule has 9 rings (SSSR count). The monoisotopic (exact) mass is 1060 g/mol. The molecule has 0 aliphatic carbocycles. The number of fused-ring (bicyclic) bond motifs is 5. The molecule has 0 bridgehead atoms. The molecule has 5 aromatic heterocycles. The van der Waals surface area contributed by atoms with Crippen molar-refractivity contribution >= 4 is 61.4 Å². The van der Waals surface area contributed by atoms with Crippen LogP contribution in [0.5, 0.6) is 0 Å². The Morgan fingerprint density at radius 1 is 0.823 bits per heavy atom. The van der Waals surface area contributed by atoms with E-state index in [0.29, 0.717) is 5.92 Å². The smallest absolute Gasteiger partial charge is 0.124 e. The quantitative estimate of drug-likeness (QED) is 0.106. The SMILES string of the molecule is CCC(C)Cc1cc(-c2[c-]cccc2)nc[c]1[Ge]([CH3])([CH3])[CH3].Cc1cc2oc3c(-c4nc5cnccc5n4-c4c(C(C)C)cc5ccccc5c4C(C)C)[c-]cc(C)c3c2cn1.[Ir]. The van der Waals surface area contributed by atoms with Crippen LogP contribution in [0.4, 0.5) is 0 Å². The number of hydrogen-bond acceptors (Lipinski definition) is 5. The van der Waals surface area contributed by atoms with E-state index in [0.717, 1.165) is 79.2 Å². The number of furan rings is 1. The molecule has 9 aromatic rings. The molecule has 4 aromatic carbocycles. The van der Waals surface area contributed by atoms with Crippen molar-refractivity contribution in [1.82, 2.24) is 24.5 Å². The van der Waals surface area contributed by atoms with E-state index in [9.17, 15) is 0 Å². The van der Waals surface area contributed by atoms with Crippen molar-refractivity contribution in [2.24, 2.45) is 5.92 Å². The summed E-state index contributed by atoms with van der Waals surface area (Å²) in [5.74, 6) is 9.46. The van der Waals surface area contributed by atoms with E-state index < -0.39 is 13.3 Å². The Hall–Kier alpha value is -4.95. The first kappa shape index (κ1) is 45.1. The fourth-order valence-corrected chi connectivity index (χ4v) is 12.0. The first-order valence-corrected chi connectivity index (χ1v) is 29.1. The summed E-state index contributed by atoms with van der Waals surface area (Å²) in [7, 11) is 0. The van der Waals surface area contributed by atoms with Gasteiger partial charge in [-0.1, -0.05) is 69.8 Å². The standard InChI is InChI=1S/C35H31N4O.C19H26GeN.Ir/c1-19(2)26-16-23-9-7-8-10-24(23)31(20(3)4)33(26)39-29-13-14-36-18-28(29)38-35(39)25-12-11-21(5)32-27-17-37-22(6)15-30(27)40-34(25)32;1-6-15(2)12-17-13-19(16-10-8-7-9-11-16)21-14-18(17)20(3,4)5;/h7-11,13-20H,1-6H3;7-10,13-15H,6,12H2,1-5H3;/q2*-1;. The number of rotatable bonds is 9. The predicted octanol–water partition coefficient (Wildman–Crippen LogP) is 13.9. The number of imidazole rings is 1. The summed E-state index contributed by atoms with van der Waals surface area (Å²) in [4.78, 5) is 18.9. The van der Waals surface area contributed by atoms with Gasteiger partial charge in [-0.05, 0) is 52.8 Å². The Morgan fingerprint density at radius 2 is 1.60 bits per heavy atom. The van der Waals surface area contributed by atoms with Crippen molar-refractivity contribution in [1.29, 1.82) is 0 Å². The first-order valence-electron chi connectivity index (χ1n) is 21.8. The van der Waals surface area contributed by atoms with Crippen LogP contribution in [0, 0.1) is 31.9 Å². The van der Waals surface area contributed by atoms with Crippen molar-refractivity contribution in [3.05, 3.63) is 144 Å². The minimum atomic E-state index is -1.87. The van der Waals surface area contributed by atoms with Crippen molar-refractivity contribution in [3.8, 4) is 28.3 Å². The van der Waals surface area contributed by atoms with E-state index in [1.807, 2.05) is 49.8 Å². The minimum Gasteiger partial charge on any atom is -0.500 e. The summed E-state index contributed by atoms with van der Waals surface area (Å²) in [6.07, 6.45) is 10.1. The van der Waals surface area contributed by atoms with E-state index in [1.165, 1.54) is 39.6 Å². The normalized spacial score (nSPS) is 12.3. The van der Waals surface area contributed by atoms with Gasteiger partial charge >= 0.3 is 132 Å². The molecular weight excluding hydrogens is 999 g/mol. The van der Waals surface area contributed by atoms with Crippen molar-refractivity contribution in [2.75, 3.05) is 0 Å². The second-order valence-corrected chi connectivity index (χ2v) is 28.9. The van der Waals surface area contributed by atoms with Gasteiger partial charge in [0, 0.05) is 55.3 Å². The molecule has 319 valence electrons. The maximum atomic E-state index is 6.57. The van der Waals surface area contributed by atoms with E-state index >= 15 is 0 Å². The largest absolute Gasteiger partial charge is 0.500 e. The number of aromatic nitrogens is 5. The van der Waals surface area contributed by atoms with Crippen LogP contribution in [0.2, 0.25) is 17.3 Å². The molecule has 0 fully saturated rings. The van der Waals surface area contributed by atoms with Gasteiger partial charge in [-0.15, -0.1) is 17.7 Å². The Morgan fingerprint density at radius 3 is 2.31 bits per heavy atom. The van der Waals surface area contributed by atoms with Gasteiger partial charge in [0.1, 0.15) is 5.58 Å². The third kappa shape index (κ3) is 8.69. The second kappa shape index (κ2) is 18.4. The molecule has 0 amide bonds. The van der Waals surface area contributed by atoms with Crippen LogP contribution < -0.4 is 4.40 Å². The summed E-state index contributed by atoms with van der Waals surface area (Å²) in [5, 5.41) is 4.59. The van der Waals surface area contributed by atoms with Gasteiger partial charge < -0.3 is 8.98 Å². The van der Waals surface area contributed by atoms with Gasteiger partial charge in [-0.2, -0.15) is 0 Å². The van der Waals surface area contributed by atoms with Crippen LogP contribution >= 0.6 is 0 Å². The van der Waals surface area contributed by atoms with Crippen LogP contribution in [0.25, 0.3) is 72.1 Å². The van der Waals surface area contributed by atoms with Gasteiger partial charge in [0.2, 0.25) is 0 Å². The average molecular weight is 1060 g/mol. The molecule has 8 heteroatoms. The molecule has 1 unspecified atom stereocenters. The zero-order chi connectivity index (χ0) is 43.2. The van der Waals surface area contributed by atoms with E-state index in [-0.39, 0.29) is 26.0 Å². The minimum absolute atomic E-state index is 0. The summed E-state index contributed by atoms with van der Waals surface area (Å²) in [6, 6.07) is 34.4. The van der Waals surface area contributed by atoms with Gasteiger partial charge in [-0.3, -0.25) is 15.0 Å². The first-order chi connectivity index (χ1) is 29.2. The van der Waals surface area contributed by atoms with Crippen molar-refractivity contribution in [3.63, 3.8) is 0 Å². The molecule has 0 aliphatic rings. The molecule has 0 aliphatic heterocycles. The second-order valence-electron chi connectivity index (χ2n) is 18.3. The van der Waals surface area contributed by atoms with E-state index in [1.54, 1.807) is 4.40 Å². The van der Waals surface area contributed by atoms with Gasteiger partial charge in [-0.25, -0.2) is 0 Å². The van der Waals surface area contributed by atoms with Crippen LogP contribution in [0.15, 0.2) is 108 Å². The van der Waals surface area contributed by atoms with E-state index in [2.05, 4.69) is 153 Å². The number of aryl methyl sites for hydroxylation is 2. The van der Waals surface area contributed by atoms with Crippen LogP contribution in [-0.4, -0.2) is 37.8 Å². The van der Waals surface area contributed by atoms with Crippen LogP contribution in [0.3, 0.4) is 0 Å². The third-order valence-electron chi connectivity index (χ3n) is 12.0. The molecule has 0 saturated carbocycles. The van der Waals surface area contributed by atoms with Crippen molar-refractivity contribution in [2.45, 2.75) is 97.3 Å². The molecule has 0 saturated heterocycles. The van der Waals surface area contributed by atoms with E-state index in [4.69, 9.17) is 14.4 Å². The van der Waals surface area contributed by atoms with Gasteiger partial charge in [0.15, 0.2) is 0 Å². The predicted molar refractivity (Wildman–Crippen MR) is 258 cm³/mol. The Bertz CT molecular complexity index is 3030. The molecule has 1 radical (unpaired) electrons. The zero-order valence-corrected chi connectivity index (χ0v) is 42.4. The molecule has 62 heavy (non-hydrogen) atoms. The molecule has 5 heterocycles. The Balaban J connectivity index is 0.000000223. The molecule has 0 spiro atoms. The number of hydrogen-bond donors (Lipinski definition) is 0. The summed E-state index contributed by atoms with van der Waals surface area (Å²) in [5.41, 5.74) is 13.8. The van der Waals surface area contributed by atoms with Gasteiger partial charge in [0.25, 0.3) is 0 Å². The number of benzene rings is 4. The number of pyridine rings is 3. The van der Waals surface area contributed by atoms with Crippen LogP contribution in [0.1, 0.15) is 87.7 Å². The maximum Gasteiger partial charge on any atom is 0.124 e. The summed E-state index contributed by atoms with van der Waals surface area (Å²) in [6.45, 7) is 17.8. The molecular formula is C54H57GeIrN5O-2. The number of nitrogens with zero attached hydrogens (tertiary/aromatic N) is 5. The topological polar surface area (TPSA) is 69.6 Å². The summed E-state index contributed by atoms with van der Waals surface area (Å²) >= 11 is -1.87. The molecule has 6 nitrogen and oxygen atoms in total. The molecule has 1 atom stereocenters.